The molecule has 0 amide bonds. The predicted molar refractivity (Wildman–Crippen MR) is 87.8 cm³/mol. The van der Waals surface area contributed by atoms with Gasteiger partial charge in [-0.2, -0.15) is 0 Å². The number of nitrogen functional groups attached to an aromatic ring is 1. The van der Waals surface area contributed by atoms with Crippen LogP contribution in [-0.4, -0.2) is 44.2 Å². The summed E-state index contributed by atoms with van der Waals surface area (Å²) in [6.07, 6.45) is 1.03. The van der Waals surface area contributed by atoms with Gasteiger partial charge in [0.1, 0.15) is 0 Å². The zero-order valence-electron chi connectivity index (χ0n) is 13.7. The monoisotopic (exact) mass is 293 g/mol. The van der Waals surface area contributed by atoms with E-state index in [2.05, 4.69) is 31.1 Å². The molecule has 0 saturated carbocycles. The third kappa shape index (κ3) is 4.93. The zero-order valence-corrected chi connectivity index (χ0v) is 13.7. The smallest absolute Gasteiger partial charge is 0.340 e. The molecule has 0 heterocycles. The Hall–Kier alpha value is -1.75. The summed E-state index contributed by atoms with van der Waals surface area (Å²) in [5.41, 5.74) is 8.59. The lowest BCUT2D eigenvalue weighted by Gasteiger charge is -2.21. The second kappa shape index (κ2) is 7.88. The van der Waals surface area contributed by atoms with Gasteiger partial charge in [0, 0.05) is 24.0 Å². The number of anilines is 2. The number of nitrogens with one attached hydrogen (secondary N) is 1. The Morgan fingerprint density at radius 2 is 2.10 bits per heavy atom. The quantitative estimate of drug-likeness (QED) is 0.459. The third-order valence-corrected chi connectivity index (χ3v) is 3.69. The SMILES string of the molecule is COC(=O)c1cc(NCCCN(C)C(C)C)cc(C)c1N. The number of rotatable bonds is 7. The molecular formula is C16H27N3O2. The fourth-order valence-corrected chi connectivity index (χ4v) is 2.00. The molecule has 21 heavy (non-hydrogen) atoms. The summed E-state index contributed by atoms with van der Waals surface area (Å²) in [4.78, 5) is 14.0. The molecule has 0 atom stereocenters. The number of aryl methyl sites for hydroxylation is 1. The third-order valence-electron chi connectivity index (χ3n) is 3.69. The van der Waals surface area contributed by atoms with E-state index >= 15 is 0 Å². The van der Waals surface area contributed by atoms with Crippen LogP contribution < -0.4 is 11.1 Å². The summed E-state index contributed by atoms with van der Waals surface area (Å²) in [7, 11) is 3.48. The number of carbonyl (C=O) groups excluding carboxylic acids is 1. The van der Waals surface area contributed by atoms with Crippen molar-refractivity contribution in [1.29, 1.82) is 0 Å². The van der Waals surface area contributed by atoms with E-state index in [1.165, 1.54) is 7.11 Å². The van der Waals surface area contributed by atoms with E-state index in [1.54, 1.807) is 6.07 Å². The first-order valence-corrected chi connectivity index (χ1v) is 7.29. The van der Waals surface area contributed by atoms with Gasteiger partial charge in [-0.15, -0.1) is 0 Å². The highest BCUT2D eigenvalue weighted by molar-refractivity contribution is 5.97. The molecule has 0 fully saturated rings. The van der Waals surface area contributed by atoms with Crippen molar-refractivity contribution in [1.82, 2.24) is 4.90 Å². The topological polar surface area (TPSA) is 67.6 Å². The van der Waals surface area contributed by atoms with E-state index in [0.717, 1.165) is 30.8 Å². The Morgan fingerprint density at radius 1 is 1.43 bits per heavy atom. The molecule has 1 rings (SSSR count). The zero-order chi connectivity index (χ0) is 16.0. The molecule has 0 aromatic heterocycles. The van der Waals surface area contributed by atoms with Crippen LogP contribution in [0.25, 0.3) is 0 Å². The van der Waals surface area contributed by atoms with Crippen LogP contribution in [0.15, 0.2) is 12.1 Å². The normalized spacial score (nSPS) is 11.0. The van der Waals surface area contributed by atoms with Gasteiger partial charge in [0.15, 0.2) is 0 Å². The molecular weight excluding hydrogens is 266 g/mol. The van der Waals surface area contributed by atoms with Crippen LogP contribution in [0, 0.1) is 6.92 Å². The van der Waals surface area contributed by atoms with Crippen molar-refractivity contribution in [3.8, 4) is 0 Å². The van der Waals surface area contributed by atoms with E-state index < -0.39 is 5.97 Å². The maximum atomic E-state index is 11.7. The molecule has 0 aliphatic carbocycles. The van der Waals surface area contributed by atoms with E-state index in [4.69, 9.17) is 10.5 Å². The standard InChI is InChI=1S/C16H27N3O2/c1-11(2)19(4)8-6-7-18-13-9-12(3)15(17)14(10-13)16(20)21-5/h9-11,18H,6-8,17H2,1-5H3. The highest BCUT2D eigenvalue weighted by atomic mass is 16.5. The van der Waals surface area contributed by atoms with E-state index in [9.17, 15) is 4.79 Å². The molecule has 5 heteroatoms. The van der Waals surface area contributed by atoms with Crippen molar-refractivity contribution >= 4 is 17.3 Å². The lowest BCUT2D eigenvalue weighted by molar-refractivity contribution is 0.0602. The Morgan fingerprint density at radius 3 is 2.67 bits per heavy atom. The van der Waals surface area contributed by atoms with Crippen LogP contribution in [-0.2, 0) is 4.74 Å². The van der Waals surface area contributed by atoms with Gasteiger partial charge in [0.2, 0.25) is 0 Å². The summed E-state index contributed by atoms with van der Waals surface area (Å²) in [6.45, 7) is 8.13. The van der Waals surface area contributed by atoms with Gasteiger partial charge in [0.25, 0.3) is 0 Å². The second-order valence-corrected chi connectivity index (χ2v) is 5.60. The molecule has 0 saturated heterocycles. The van der Waals surface area contributed by atoms with Gasteiger partial charge in [-0.05, 0) is 58.5 Å². The first-order valence-electron chi connectivity index (χ1n) is 7.29. The van der Waals surface area contributed by atoms with Crippen LogP contribution in [0.2, 0.25) is 0 Å². The van der Waals surface area contributed by atoms with E-state index in [1.807, 2.05) is 13.0 Å². The van der Waals surface area contributed by atoms with Crippen molar-refractivity contribution in [2.75, 3.05) is 38.3 Å². The van der Waals surface area contributed by atoms with Crippen molar-refractivity contribution in [2.24, 2.45) is 0 Å². The van der Waals surface area contributed by atoms with Crippen molar-refractivity contribution in [3.63, 3.8) is 0 Å². The lowest BCUT2D eigenvalue weighted by Crippen LogP contribution is -2.28. The number of methoxy groups -OCH3 is 1. The molecule has 0 bridgehead atoms. The van der Waals surface area contributed by atoms with Crippen LogP contribution in [0.5, 0.6) is 0 Å². The number of nitrogens with two attached hydrogens (primary N) is 1. The maximum absolute atomic E-state index is 11.7. The maximum Gasteiger partial charge on any atom is 0.340 e. The van der Waals surface area contributed by atoms with E-state index in [0.29, 0.717) is 17.3 Å². The highest BCUT2D eigenvalue weighted by Crippen LogP contribution is 2.23. The van der Waals surface area contributed by atoms with Gasteiger partial charge in [0.05, 0.1) is 12.7 Å². The number of nitrogens with zero attached hydrogens (tertiary/aromatic N) is 1. The number of esters is 1. The fraction of sp³-hybridized carbons (Fsp3) is 0.562. The van der Waals surface area contributed by atoms with Crippen LogP contribution in [0.1, 0.15) is 36.2 Å². The van der Waals surface area contributed by atoms with Gasteiger partial charge in [-0.1, -0.05) is 0 Å². The molecule has 5 nitrogen and oxygen atoms in total. The number of hydrogen-bond acceptors (Lipinski definition) is 5. The predicted octanol–water partition coefficient (Wildman–Crippen LogP) is 2.51. The minimum absolute atomic E-state index is 0.404. The number of ether oxygens (including phenoxy) is 1. The summed E-state index contributed by atoms with van der Waals surface area (Å²) in [6, 6.07) is 4.25. The molecule has 0 spiro atoms. The molecule has 0 unspecified atom stereocenters. The first-order chi connectivity index (χ1) is 9.86. The Kier molecular flexibility index (Phi) is 6.49. The van der Waals surface area contributed by atoms with Gasteiger partial charge >= 0.3 is 5.97 Å². The molecule has 0 radical (unpaired) electrons. The summed E-state index contributed by atoms with van der Waals surface area (Å²) < 4.78 is 4.76. The molecule has 0 aliphatic heterocycles. The van der Waals surface area contributed by atoms with E-state index in [-0.39, 0.29) is 0 Å². The number of hydrogen-bond donors (Lipinski definition) is 2. The van der Waals surface area contributed by atoms with Gasteiger partial charge < -0.3 is 20.7 Å². The van der Waals surface area contributed by atoms with Crippen LogP contribution in [0.3, 0.4) is 0 Å². The van der Waals surface area contributed by atoms with Crippen molar-refractivity contribution in [2.45, 2.75) is 33.2 Å². The Balaban J connectivity index is 2.64. The van der Waals surface area contributed by atoms with Gasteiger partial charge in [-0.3, -0.25) is 0 Å². The number of benzene rings is 1. The highest BCUT2D eigenvalue weighted by Gasteiger charge is 2.13. The Bertz CT molecular complexity index is 487. The molecule has 3 N–H and O–H groups in total. The average molecular weight is 293 g/mol. The number of carbonyl (C=O) groups is 1. The summed E-state index contributed by atoms with van der Waals surface area (Å²) in [5.74, 6) is -0.404. The second-order valence-electron chi connectivity index (χ2n) is 5.60. The van der Waals surface area contributed by atoms with Gasteiger partial charge in [-0.25, -0.2) is 4.79 Å². The molecule has 0 aliphatic rings. The summed E-state index contributed by atoms with van der Waals surface area (Å²) in [5, 5.41) is 3.34. The minimum Gasteiger partial charge on any atom is -0.465 e. The molecule has 1 aromatic rings. The largest absolute Gasteiger partial charge is 0.465 e. The molecule has 1 aromatic carbocycles. The fourth-order valence-electron chi connectivity index (χ4n) is 2.00. The average Bonchev–Trinajstić information content (AvgIpc) is 2.45. The first kappa shape index (κ1) is 17.3. The minimum atomic E-state index is -0.404. The van der Waals surface area contributed by atoms with Crippen LogP contribution in [0.4, 0.5) is 11.4 Å². The Labute approximate surface area is 127 Å². The summed E-state index contributed by atoms with van der Waals surface area (Å²) >= 11 is 0. The molecule has 118 valence electrons. The van der Waals surface area contributed by atoms with Crippen molar-refractivity contribution < 1.29 is 9.53 Å². The van der Waals surface area contributed by atoms with Crippen LogP contribution >= 0.6 is 0 Å². The lowest BCUT2D eigenvalue weighted by atomic mass is 10.1. The van der Waals surface area contributed by atoms with Crippen molar-refractivity contribution in [3.05, 3.63) is 23.3 Å².